The summed E-state index contributed by atoms with van der Waals surface area (Å²) in [5, 5.41) is 10.1. The van der Waals surface area contributed by atoms with Crippen LogP contribution in [0.25, 0.3) is 11.9 Å². The Morgan fingerprint density at radius 3 is 2.51 bits per heavy atom. The number of amides is 1. The molecule has 1 N–H and O–H groups in total. The van der Waals surface area contributed by atoms with E-state index in [0.29, 0.717) is 4.90 Å². The molecule has 41 heavy (non-hydrogen) atoms. The van der Waals surface area contributed by atoms with Gasteiger partial charge in [-0.15, -0.1) is 0 Å². The number of aliphatic imine (C=N–C) groups is 1. The second kappa shape index (κ2) is 11.0. The summed E-state index contributed by atoms with van der Waals surface area (Å²) >= 11 is 5.72. The zero-order chi connectivity index (χ0) is 30.4. The van der Waals surface area contributed by atoms with Crippen LogP contribution in [-0.2, 0) is 20.3 Å². The molecule has 0 bridgehead atoms. The number of hydrogen-bond donors (Lipinski definition) is 1. The van der Waals surface area contributed by atoms with E-state index < -0.39 is 58.8 Å². The highest BCUT2D eigenvalue weighted by Crippen LogP contribution is 2.61. The lowest BCUT2D eigenvalue weighted by molar-refractivity contribution is 0.0649. The molecule has 0 saturated heterocycles. The van der Waals surface area contributed by atoms with Crippen molar-refractivity contribution >= 4 is 53.7 Å². The van der Waals surface area contributed by atoms with Crippen LogP contribution < -0.4 is 0 Å². The average Bonchev–Trinajstić information content (AvgIpc) is 3.70. The molecule has 1 aliphatic heterocycles. The van der Waals surface area contributed by atoms with E-state index in [9.17, 15) is 22.7 Å². The summed E-state index contributed by atoms with van der Waals surface area (Å²) < 4.78 is 63.1. The van der Waals surface area contributed by atoms with Crippen molar-refractivity contribution in [3.8, 4) is 0 Å². The van der Waals surface area contributed by atoms with Crippen molar-refractivity contribution in [1.82, 2.24) is 19.2 Å². The van der Waals surface area contributed by atoms with Gasteiger partial charge in [0.1, 0.15) is 33.7 Å². The molecule has 2 aromatic rings. The van der Waals surface area contributed by atoms with Crippen molar-refractivity contribution in [2.75, 3.05) is 20.4 Å². The van der Waals surface area contributed by atoms with Gasteiger partial charge in [-0.05, 0) is 49.6 Å². The largest absolute Gasteiger partial charge is 0.465 e. The Hall–Kier alpha value is -2.94. The summed E-state index contributed by atoms with van der Waals surface area (Å²) in [5.74, 6) is -1.95. The zero-order valence-electron chi connectivity index (χ0n) is 23.4. The minimum atomic E-state index is -4.20. The zero-order valence-corrected chi connectivity index (χ0v) is 25.9. The first-order valence-electron chi connectivity index (χ1n) is 12.8. The van der Waals surface area contributed by atoms with Crippen LogP contribution in [0.1, 0.15) is 36.6 Å². The van der Waals surface area contributed by atoms with E-state index in [1.165, 1.54) is 32.3 Å². The van der Waals surface area contributed by atoms with Crippen molar-refractivity contribution in [1.29, 1.82) is 0 Å². The Bertz CT molecular complexity index is 1510. The molecule has 1 fully saturated rings. The fraction of sp³-hybridized carbons (Fsp3) is 0.462. The molecule has 1 spiro atoms. The van der Waals surface area contributed by atoms with Gasteiger partial charge in [0.15, 0.2) is 5.83 Å². The number of aromatic nitrogens is 2. The Morgan fingerprint density at radius 1 is 1.27 bits per heavy atom. The van der Waals surface area contributed by atoms with Crippen molar-refractivity contribution < 1.29 is 31.8 Å². The molecule has 1 aromatic heterocycles. The SMILES string of the molecule is CN1C(N(COCC[Si](C)(C)C)C(=O)O)=NC(C)(c2cc(C=C(F)c3cnc(Cl)cn3)ccc2F)C2(CC2)S1(=O)=O. The van der Waals surface area contributed by atoms with E-state index in [1.54, 1.807) is 0 Å². The fourth-order valence-electron chi connectivity index (χ4n) is 4.78. The molecule has 222 valence electrons. The van der Waals surface area contributed by atoms with Gasteiger partial charge < -0.3 is 9.84 Å². The third-order valence-electron chi connectivity index (χ3n) is 7.41. The number of benzene rings is 1. The topological polar surface area (TPSA) is 125 Å². The molecule has 1 atom stereocenters. The number of rotatable bonds is 8. The molecule has 4 rings (SSSR count). The van der Waals surface area contributed by atoms with Gasteiger partial charge in [0.2, 0.25) is 16.0 Å². The van der Waals surface area contributed by atoms with Crippen LogP contribution in [0.15, 0.2) is 35.6 Å². The smallest absolute Gasteiger partial charge is 0.416 e. The highest BCUT2D eigenvalue weighted by Gasteiger charge is 2.71. The first-order valence-corrected chi connectivity index (χ1v) is 18.4. The fourth-order valence-corrected chi connectivity index (χ4v) is 7.79. The average molecular weight is 628 g/mol. The van der Waals surface area contributed by atoms with E-state index >= 15 is 4.39 Å². The van der Waals surface area contributed by atoms with Gasteiger partial charge in [-0.1, -0.05) is 37.3 Å². The van der Waals surface area contributed by atoms with Crippen LogP contribution in [0.4, 0.5) is 13.6 Å². The van der Waals surface area contributed by atoms with Crippen molar-refractivity contribution in [3.63, 3.8) is 0 Å². The Labute approximate surface area is 243 Å². The van der Waals surface area contributed by atoms with Crippen molar-refractivity contribution in [2.24, 2.45) is 4.99 Å². The summed E-state index contributed by atoms with van der Waals surface area (Å²) in [6, 6.07) is 4.51. The van der Waals surface area contributed by atoms with Crippen LogP contribution in [-0.4, -0.2) is 78.0 Å². The van der Waals surface area contributed by atoms with Crippen LogP contribution in [0, 0.1) is 5.82 Å². The monoisotopic (exact) mass is 627 g/mol. The van der Waals surface area contributed by atoms with Gasteiger partial charge in [-0.3, -0.25) is 0 Å². The second-order valence-corrected chi connectivity index (χ2v) is 19.8. The second-order valence-electron chi connectivity index (χ2n) is 11.5. The molecule has 15 heteroatoms. The summed E-state index contributed by atoms with van der Waals surface area (Å²) in [5.41, 5.74) is -1.73. The van der Waals surface area contributed by atoms with Gasteiger partial charge >= 0.3 is 6.09 Å². The minimum Gasteiger partial charge on any atom is -0.465 e. The van der Waals surface area contributed by atoms with Crippen molar-refractivity contribution in [3.05, 3.63) is 58.4 Å². The van der Waals surface area contributed by atoms with Gasteiger partial charge in [-0.2, -0.15) is 0 Å². The standard InChI is InChI=1S/C26H32ClF2N5O5SSi/c1-25(18-12-17(6-7-19(18)28)13-20(29)21-14-31-22(27)15-30-21)26(8-9-26)40(37,38)33(2)23(32-25)34(24(35)36)16-39-10-11-41(3,4)5/h6-7,12-15H,8-11,16H2,1-5H3,(H,35,36). The summed E-state index contributed by atoms with van der Waals surface area (Å²) in [4.78, 5) is 25.3. The number of hydrogen-bond acceptors (Lipinski definition) is 7. The molecule has 1 amide bonds. The predicted octanol–water partition coefficient (Wildman–Crippen LogP) is 5.41. The van der Waals surface area contributed by atoms with E-state index in [-0.39, 0.29) is 41.4 Å². The number of carbonyl (C=O) groups is 1. The lowest BCUT2D eigenvalue weighted by Gasteiger charge is -2.44. The molecular weight excluding hydrogens is 596 g/mol. The number of ether oxygens (including phenoxy) is 1. The molecule has 1 saturated carbocycles. The molecule has 10 nitrogen and oxygen atoms in total. The number of halogens is 3. The lowest BCUT2D eigenvalue weighted by Crippen LogP contribution is -2.60. The van der Waals surface area contributed by atoms with E-state index in [1.807, 2.05) is 0 Å². The number of nitrogens with zero attached hydrogens (tertiary/aromatic N) is 5. The lowest BCUT2D eigenvalue weighted by atomic mass is 9.85. The van der Waals surface area contributed by atoms with E-state index in [0.717, 1.165) is 28.7 Å². The molecule has 2 heterocycles. The van der Waals surface area contributed by atoms with Crippen LogP contribution >= 0.6 is 11.6 Å². The minimum absolute atomic E-state index is 0.0854. The maximum atomic E-state index is 15.5. The quantitative estimate of drug-likeness (QED) is 0.236. The number of sulfonamides is 1. The summed E-state index contributed by atoms with van der Waals surface area (Å²) in [6.07, 6.45) is 2.32. The van der Waals surface area contributed by atoms with Crippen LogP contribution in [0.5, 0.6) is 0 Å². The maximum absolute atomic E-state index is 15.5. The molecule has 1 aromatic carbocycles. The Balaban J connectivity index is 1.78. The normalized spacial score (nSPS) is 21.5. The highest BCUT2D eigenvalue weighted by atomic mass is 35.5. The molecule has 1 aliphatic carbocycles. The number of guanidine groups is 1. The highest BCUT2D eigenvalue weighted by molar-refractivity contribution is 7.91. The molecular formula is C26H32ClF2N5O5SSi. The third kappa shape index (κ3) is 5.87. The predicted molar refractivity (Wildman–Crippen MR) is 155 cm³/mol. The molecule has 1 unspecified atom stereocenters. The molecule has 2 aliphatic rings. The number of carboxylic acid groups (broad SMARTS) is 1. The Morgan fingerprint density at radius 2 is 1.95 bits per heavy atom. The first-order chi connectivity index (χ1) is 19.0. The molecule has 0 radical (unpaired) electrons. The van der Waals surface area contributed by atoms with Crippen LogP contribution in [0.3, 0.4) is 0 Å². The van der Waals surface area contributed by atoms with Crippen molar-refractivity contribution in [2.45, 2.75) is 55.7 Å². The summed E-state index contributed by atoms with van der Waals surface area (Å²) in [6.45, 7) is 7.72. The van der Waals surface area contributed by atoms with Gasteiger partial charge in [0.25, 0.3) is 0 Å². The van der Waals surface area contributed by atoms with Crippen LogP contribution in [0.2, 0.25) is 30.8 Å². The van der Waals surface area contributed by atoms with Gasteiger partial charge in [-0.25, -0.2) is 46.2 Å². The van der Waals surface area contributed by atoms with Gasteiger partial charge in [0.05, 0.1) is 12.4 Å². The summed E-state index contributed by atoms with van der Waals surface area (Å²) in [7, 11) is -4.45. The third-order valence-corrected chi connectivity index (χ3v) is 12.0. The first kappa shape index (κ1) is 31.0. The maximum Gasteiger partial charge on any atom is 0.416 e. The van der Waals surface area contributed by atoms with Gasteiger partial charge in [0, 0.05) is 27.3 Å². The Kier molecular flexibility index (Phi) is 8.35. The van der Waals surface area contributed by atoms with E-state index in [2.05, 4.69) is 34.6 Å². The van der Waals surface area contributed by atoms with E-state index in [4.69, 9.17) is 16.3 Å².